The molecule has 0 aromatic heterocycles. The molecule has 4 nitrogen and oxygen atoms in total. The quantitative estimate of drug-likeness (QED) is 0.620. The molecule has 1 heterocycles. The van der Waals surface area contributed by atoms with Gasteiger partial charge in [-0.25, -0.2) is 0 Å². The van der Waals surface area contributed by atoms with E-state index in [1.54, 1.807) is 0 Å². The van der Waals surface area contributed by atoms with Gasteiger partial charge in [0, 0.05) is 31.5 Å². The third-order valence-electron chi connectivity index (χ3n) is 4.11. The largest absolute Gasteiger partial charge is 0.411 e. The highest BCUT2D eigenvalue weighted by Crippen LogP contribution is 2.23. The average molecular weight is 258 g/mol. The lowest BCUT2D eigenvalue weighted by atomic mass is 10.0. The summed E-state index contributed by atoms with van der Waals surface area (Å²) in [5.74, 6) is 0.103. The van der Waals surface area contributed by atoms with Crippen LogP contribution >= 0.6 is 0 Å². The number of carbonyl (C=O) groups excluding carboxylic acids is 1. The van der Waals surface area contributed by atoms with Gasteiger partial charge in [-0.2, -0.15) is 0 Å². The lowest BCUT2D eigenvalue weighted by molar-refractivity contribution is 0.0753. The molecule has 1 aliphatic carbocycles. The zero-order valence-electron chi connectivity index (χ0n) is 10.9. The number of aryl methyl sites for hydroxylation is 2. The molecule has 1 amide bonds. The minimum Gasteiger partial charge on any atom is -0.411 e. The van der Waals surface area contributed by atoms with Gasteiger partial charge in [-0.15, -0.1) is 0 Å². The Morgan fingerprint density at radius 3 is 2.58 bits per heavy atom. The predicted octanol–water partition coefficient (Wildman–Crippen LogP) is 2.24. The van der Waals surface area contributed by atoms with Gasteiger partial charge >= 0.3 is 0 Å². The zero-order chi connectivity index (χ0) is 13.2. The van der Waals surface area contributed by atoms with E-state index in [0.717, 1.165) is 24.1 Å². The fourth-order valence-corrected chi connectivity index (χ4v) is 2.96. The van der Waals surface area contributed by atoms with Crippen molar-refractivity contribution in [2.45, 2.75) is 32.1 Å². The highest BCUT2D eigenvalue weighted by atomic mass is 16.4. The van der Waals surface area contributed by atoms with Crippen LogP contribution in [-0.2, 0) is 12.8 Å². The van der Waals surface area contributed by atoms with E-state index in [-0.39, 0.29) is 5.91 Å². The molecule has 1 aromatic rings. The van der Waals surface area contributed by atoms with E-state index in [0.29, 0.717) is 25.9 Å². The van der Waals surface area contributed by atoms with Crippen molar-refractivity contribution >= 4 is 11.6 Å². The Kier molecular flexibility index (Phi) is 3.23. The molecule has 1 N–H and O–H groups in total. The number of likely N-dealkylation sites (tertiary alicyclic amines) is 1. The van der Waals surface area contributed by atoms with E-state index in [2.05, 4.69) is 17.3 Å². The highest BCUT2D eigenvalue weighted by Gasteiger charge is 2.22. The zero-order valence-corrected chi connectivity index (χ0v) is 10.9. The summed E-state index contributed by atoms with van der Waals surface area (Å²) in [6.07, 6.45) is 4.79. The van der Waals surface area contributed by atoms with Crippen LogP contribution in [0.4, 0.5) is 0 Å². The normalized spacial score (nSPS) is 18.3. The van der Waals surface area contributed by atoms with Crippen LogP contribution < -0.4 is 0 Å². The van der Waals surface area contributed by atoms with E-state index in [1.165, 1.54) is 17.5 Å². The monoisotopic (exact) mass is 258 g/mol. The van der Waals surface area contributed by atoms with Crippen molar-refractivity contribution in [2.24, 2.45) is 5.16 Å². The number of oxime groups is 1. The molecule has 100 valence electrons. The van der Waals surface area contributed by atoms with Crippen molar-refractivity contribution in [2.75, 3.05) is 13.1 Å². The first-order chi connectivity index (χ1) is 9.28. The second-order valence-electron chi connectivity index (χ2n) is 5.30. The summed E-state index contributed by atoms with van der Waals surface area (Å²) in [5, 5.41) is 12.0. The molecule has 1 fully saturated rings. The Balaban J connectivity index is 1.74. The van der Waals surface area contributed by atoms with E-state index in [9.17, 15) is 4.79 Å². The van der Waals surface area contributed by atoms with Crippen LogP contribution in [0.1, 0.15) is 40.7 Å². The summed E-state index contributed by atoms with van der Waals surface area (Å²) in [6.45, 7) is 1.30. The number of fused-ring (bicyclic) bond motifs is 1. The summed E-state index contributed by atoms with van der Waals surface area (Å²) in [7, 11) is 0. The summed E-state index contributed by atoms with van der Waals surface area (Å²) in [6, 6.07) is 6.10. The molecule has 19 heavy (non-hydrogen) atoms. The Labute approximate surface area is 112 Å². The Bertz CT molecular complexity index is 527. The minimum absolute atomic E-state index is 0.103. The number of amides is 1. The second-order valence-corrected chi connectivity index (χ2v) is 5.30. The second kappa shape index (κ2) is 5.03. The number of piperidine rings is 1. The standard InChI is InChI=1S/C15H18N2O2/c18-15(17-8-6-14(16-19)7-9-17)13-5-4-11-2-1-3-12(11)10-13/h4-5,10,19H,1-3,6-9H2. The van der Waals surface area contributed by atoms with Crippen LogP contribution in [0.5, 0.6) is 0 Å². The molecule has 0 atom stereocenters. The predicted molar refractivity (Wildman–Crippen MR) is 72.8 cm³/mol. The third kappa shape index (κ3) is 2.35. The highest BCUT2D eigenvalue weighted by molar-refractivity contribution is 5.96. The maximum absolute atomic E-state index is 12.4. The Hall–Kier alpha value is -1.84. The first-order valence-electron chi connectivity index (χ1n) is 6.89. The molecule has 1 aromatic carbocycles. The number of carbonyl (C=O) groups is 1. The summed E-state index contributed by atoms with van der Waals surface area (Å²) >= 11 is 0. The molecular formula is C15H18N2O2. The minimum atomic E-state index is 0.103. The third-order valence-corrected chi connectivity index (χ3v) is 4.11. The average Bonchev–Trinajstić information content (AvgIpc) is 2.94. The van der Waals surface area contributed by atoms with Crippen molar-refractivity contribution < 1.29 is 10.0 Å². The van der Waals surface area contributed by atoms with Gasteiger partial charge in [0.1, 0.15) is 0 Å². The van der Waals surface area contributed by atoms with E-state index in [1.807, 2.05) is 11.0 Å². The Morgan fingerprint density at radius 2 is 1.84 bits per heavy atom. The molecule has 2 aliphatic rings. The SMILES string of the molecule is O=C(c1ccc2c(c1)CCC2)N1CCC(=NO)CC1. The van der Waals surface area contributed by atoms with Gasteiger partial charge in [0.15, 0.2) is 0 Å². The molecule has 0 radical (unpaired) electrons. The van der Waals surface area contributed by atoms with Gasteiger partial charge in [-0.3, -0.25) is 4.79 Å². The molecular weight excluding hydrogens is 240 g/mol. The van der Waals surface area contributed by atoms with Gasteiger partial charge in [-0.1, -0.05) is 11.2 Å². The van der Waals surface area contributed by atoms with Gasteiger partial charge in [0.25, 0.3) is 5.91 Å². The molecule has 1 aliphatic heterocycles. The van der Waals surface area contributed by atoms with Crippen LogP contribution in [0.2, 0.25) is 0 Å². The first kappa shape index (κ1) is 12.2. The maximum atomic E-state index is 12.4. The number of rotatable bonds is 1. The van der Waals surface area contributed by atoms with Crippen LogP contribution in [0, 0.1) is 0 Å². The van der Waals surface area contributed by atoms with Crippen molar-refractivity contribution in [1.29, 1.82) is 0 Å². The van der Waals surface area contributed by atoms with E-state index in [4.69, 9.17) is 5.21 Å². The molecule has 1 saturated heterocycles. The number of hydrogen-bond acceptors (Lipinski definition) is 3. The van der Waals surface area contributed by atoms with E-state index >= 15 is 0 Å². The van der Waals surface area contributed by atoms with Crippen molar-refractivity contribution in [3.63, 3.8) is 0 Å². The maximum Gasteiger partial charge on any atom is 0.253 e. The van der Waals surface area contributed by atoms with Crippen LogP contribution in [-0.4, -0.2) is 34.8 Å². The van der Waals surface area contributed by atoms with Crippen molar-refractivity contribution in [1.82, 2.24) is 4.90 Å². The molecule has 4 heteroatoms. The summed E-state index contributed by atoms with van der Waals surface area (Å²) < 4.78 is 0. The lowest BCUT2D eigenvalue weighted by Crippen LogP contribution is -2.38. The fraction of sp³-hybridized carbons (Fsp3) is 0.467. The van der Waals surface area contributed by atoms with Gasteiger partial charge in [0.05, 0.1) is 5.71 Å². The topological polar surface area (TPSA) is 52.9 Å². The van der Waals surface area contributed by atoms with Crippen LogP contribution in [0.3, 0.4) is 0 Å². The smallest absolute Gasteiger partial charge is 0.253 e. The molecule has 0 spiro atoms. The van der Waals surface area contributed by atoms with Crippen molar-refractivity contribution in [3.05, 3.63) is 34.9 Å². The first-order valence-corrected chi connectivity index (χ1v) is 6.89. The van der Waals surface area contributed by atoms with Crippen LogP contribution in [0.25, 0.3) is 0 Å². The lowest BCUT2D eigenvalue weighted by Gasteiger charge is -2.27. The summed E-state index contributed by atoms with van der Waals surface area (Å²) in [4.78, 5) is 14.3. The van der Waals surface area contributed by atoms with Gasteiger partial charge < -0.3 is 10.1 Å². The van der Waals surface area contributed by atoms with Crippen LogP contribution in [0.15, 0.2) is 23.4 Å². The number of benzene rings is 1. The van der Waals surface area contributed by atoms with Gasteiger partial charge in [0.2, 0.25) is 0 Å². The molecule has 0 saturated carbocycles. The molecule has 0 unspecified atom stereocenters. The van der Waals surface area contributed by atoms with Crippen molar-refractivity contribution in [3.8, 4) is 0 Å². The Morgan fingerprint density at radius 1 is 1.11 bits per heavy atom. The van der Waals surface area contributed by atoms with E-state index < -0.39 is 0 Å². The summed E-state index contributed by atoms with van der Waals surface area (Å²) in [5.41, 5.74) is 4.31. The van der Waals surface area contributed by atoms with Gasteiger partial charge in [-0.05, 0) is 42.5 Å². The molecule has 3 rings (SSSR count). The molecule has 0 bridgehead atoms. The number of nitrogens with zero attached hydrogens (tertiary/aromatic N) is 2. The fourth-order valence-electron chi connectivity index (χ4n) is 2.96. The number of hydrogen-bond donors (Lipinski definition) is 1.